The van der Waals surface area contributed by atoms with Gasteiger partial charge in [-0.3, -0.25) is 9.59 Å². The van der Waals surface area contributed by atoms with Crippen LogP contribution >= 0.6 is 0 Å². The van der Waals surface area contributed by atoms with Crippen molar-refractivity contribution in [2.24, 2.45) is 0 Å². The molecule has 20 heavy (non-hydrogen) atoms. The number of carbonyl (C=O) groups is 4. The largest absolute Gasteiger partial charge is 0.548 e. The molecule has 0 rings (SSSR count). The first-order chi connectivity index (χ1) is 9.10. The van der Waals surface area contributed by atoms with E-state index in [1.54, 1.807) is 20.8 Å². The smallest absolute Gasteiger partial charge is 0.408 e. The fourth-order valence-electron chi connectivity index (χ4n) is 0.941. The molecular formula is C11H18N3O6-. The molecule has 0 bridgehead atoms. The number of rotatable bonds is 6. The molecule has 0 aliphatic rings. The molecule has 114 valence electrons. The molecule has 0 spiro atoms. The first-order valence-corrected chi connectivity index (χ1v) is 5.80. The zero-order valence-corrected chi connectivity index (χ0v) is 11.6. The molecule has 0 aromatic heterocycles. The monoisotopic (exact) mass is 288 g/mol. The summed E-state index contributed by atoms with van der Waals surface area (Å²) in [5.41, 5.74) is -0.675. The standard InChI is InChI=1S/C11H19N3O6/c1-11(2,3)20-10(19)14-5-8(16)12-4-7(15)13-6-9(17)18/h4-6H2,1-3H3,(H,12,16)(H,13,15)(H,14,19)(H,17,18)/p-1. The average molecular weight is 288 g/mol. The Morgan fingerprint density at radius 1 is 0.900 bits per heavy atom. The van der Waals surface area contributed by atoms with Gasteiger partial charge in [0.25, 0.3) is 0 Å². The highest BCUT2D eigenvalue weighted by atomic mass is 16.6. The topological polar surface area (TPSA) is 137 Å². The molecule has 0 aromatic rings. The molecule has 0 saturated heterocycles. The second kappa shape index (κ2) is 7.97. The van der Waals surface area contributed by atoms with E-state index in [1.807, 2.05) is 5.32 Å². The van der Waals surface area contributed by atoms with E-state index >= 15 is 0 Å². The van der Waals surface area contributed by atoms with Gasteiger partial charge in [-0.2, -0.15) is 0 Å². The van der Waals surface area contributed by atoms with Crippen LogP contribution in [0.1, 0.15) is 20.8 Å². The van der Waals surface area contributed by atoms with Crippen LogP contribution in [0.15, 0.2) is 0 Å². The lowest BCUT2D eigenvalue weighted by Gasteiger charge is -2.19. The van der Waals surface area contributed by atoms with Crippen LogP contribution < -0.4 is 21.1 Å². The molecule has 0 atom stereocenters. The van der Waals surface area contributed by atoms with Gasteiger partial charge in [0.2, 0.25) is 11.8 Å². The van der Waals surface area contributed by atoms with Crippen LogP contribution in [0.25, 0.3) is 0 Å². The molecule has 0 radical (unpaired) electrons. The van der Waals surface area contributed by atoms with Crippen LogP contribution in [0, 0.1) is 0 Å². The van der Waals surface area contributed by atoms with E-state index in [9.17, 15) is 24.3 Å². The van der Waals surface area contributed by atoms with E-state index in [2.05, 4.69) is 10.6 Å². The maximum atomic E-state index is 11.3. The van der Waals surface area contributed by atoms with Gasteiger partial charge in [0.15, 0.2) is 0 Å². The second-order valence-corrected chi connectivity index (χ2v) is 4.78. The van der Waals surface area contributed by atoms with E-state index < -0.39 is 42.6 Å². The minimum Gasteiger partial charge on any atom is -0.548 e. The normalized spacial score (nSPS) is 10.3. The van der Waals surface area contributed by atoms with Gasteiger partial charge in [-0.15, -0.1) is 0 Å². The van der Waals surface area contributed by atoms with E-state index in [1.165, 1.54) is 0 Å². The quantitative estimate of drug-likeness (QED) is 0.494. The van der Waals surface area contributed by atoms with Gasteiger partial charge in [-0.1, -0.05) is 0 Å². The van der Waals surface area contributed by atoms with Crippen LogP contribution in [0.2, 0.25) is 0 Å². The van der Waals surface area contributed by atoms with Gasteiger partial charge in [0.05, 0.1) is 19.1 Å². The van der Waals surface area contributed by atoms with Crippen molar-refractivity contribution in [2.45, 2.75) is 26.4 Å². The Labute approximate surface area is 116 Å². The lowest BCUT2D eigenvalue weighted by molar-refractivity contribution is -0.304. The summed E-state index contributed by atoms with van der Waals surface area (Å²) in [7, 11) is 0. The Bertz CT molecular complexity index is 388. The van der Waals surface area contributed by atoms with Crippen molar-refractivity contribution < 1.29 is 29.0 Å². The highest BCUT2D eigenvalue weighted by molar-refractivity contribution is 5.88. The summed E-state index contributed by atoms with van der Waals surface area (Å²) in [6.45, 7) is 3.63. The third-order valence-electron chi connectivity index (χ3n) is 1.67. The third kappa shape index (κ3) is 10.8. The molecule has 3 amide bonds. The molecule has 0 aromatic carbocycles. The fraction of sp³-hybridized carbons (Fsp3) is 0.636. The zero-order valence-electron chi connectivity index (χ0n) is 11.6. The fourth-order valence-corrected chi connectivity index (χ4v) is 0.941. The van der Waals surface area contributed by atoms with Gasteiger partial charge in [0, 0.05) is 0 Å². The van der Waals surface area contributed by atoms with Crippen molar-refractivity contribution in [1.29, 1.82) is 0 Å². The lowest BCUT2D eigenvalue weighted by Crippen LogP contribution is -2.45. The molecule has 0 aliphatic heterocycles. The Balaban J connectivity index is 3.81. The van der Waals surface area contributed by atoms with Gasteiger partial charge < -0.3 is 30.6 Å². The summed E-state index contributed by atoms with van der Waals surface area (Å²) >= 11 is 0. The van der Waals surface area contributed by atoms with Gasteiger partial charge >= 0.3 is 6.09 Å². The van der Waals surface area contributed by atoms with E-state index in [0.717, 1.165) is 0 Å². The molecule has 9 nitrogen and oxygen atoms in total. The highest BCUT2D eigenvalue weighted by Crippen LogP contribution is 2.05. The van der Waals surface area contributed by atoms with Crippen molar-refractivity contribution in [3.05, 3.63) is 0 Å². The summed E-state index contributed by atoms with van der Waals surface area (Å²) in [4.78, 5) is 43.6. The molecule has 0 aliphatic carbocycles. The summed E-state index contributed by atoms with van der Waals surface area (Å²) in [5.74, 6) is -2.73. The first kappa shape index (κ1) is 17.7. The average Bonchev–Trinajstić information content (AvgIpc) is 2.29. The Hall–Kier alpha value is -2.32. The molecule has 0 saturated carbocycles. The highest BCUT2D eigenvalue weighted by Gasteiger charge is 2.16. The number of hydrogen-bond acceptors (Lipinski definition) is 6. The Morgan fingerprint density at radius 2 is 1.35 bits per heavy atom. The number of nitrogens with one attached hydrogen (secondary N) is 3. The lowest BCUT2D eigenvalue weighted by atomic mass is 10.2. The number of carbonyl (C=O) groups excluding carboxylic acids is 4. The molecule has 0 fully saturated rings. The van der Waals surface area contributed by atoms with Crippen LogP contribution in [-0.4, -0.2) is 49.1 Å². The van der Waals surface area contributed by atoms with Crippen LogP contribution in [0.4, 0.5) is 4.79 Å². The predicted octanol–water partition coefficient (Wildman–Crippen LogP) is -2.51. The molecule has 0 heterocycles. The van der Waals surface area contributed by atoms with Crippen LogP contribution in [-0.2, 0) is 19.1 Å². The number of carboxylic acids is 1. The summed E-state index contributed by atoms with van der Waals surface area (Å²) < 4.78 is 4.90. The van der Waals surface area contributed by atoms with Crippen molar-refractivity contribution in [3.63, 3.8) is 0 Å². The van der Waals surface area contributed by atoms with E-state index in [4.69, 9.17) is 4.74 Å². The van der Waals surface area contributed by atoms with Crippen molar-refractivity contribution in [2.75, 3.05) is 19.6 Å². The molecule has 3 N–H and O–H groups in total. The van der Waals surface area contributed by atoms with Crippen molar-refractivity contribution in [1.82, 2.24) is 16.0 Å². The summed E-state index contributed by atoms with van der Waals surface area (Å²) in [5, 5.41) is 16.5. The second-order valence-electron chi connectivity index (χ2n) is 4.78. The third-order valence-corrected chi connectivity index (χ3v) is 1.67. The number of alkyl carbamates (subject to hydrolysis) is 1. The number of aliphatic carboxylic acids is 1. The van der Waals surface area contributed by atoms with E-state index in [0.29, 0.717) is 0 Å². The minimum atomic E-state index is -1.43. The maximum absolute atomic E-state index is 11.3. The molecular weight excluding hydrogens is 270 g/mol. The molecule has 9 heteroatoms. The number of carboxylic acid groups (broad SMARTS) is 1. The summed E-state index contributed by atoms with van der Waals surface area (Å²) in [6, 6.07) is 0. The van der Waals surface area contributed by atoms with Crippen LogP contribution in [0.5, 0.6) is 0 Å². The molecule has 0 unspecified atom stereocenters. The number of ether oxygens (including phenoxy) is 1. The minimum absolute atomic E-state index is 0.358. The number of hydrogen-bond donors (Lipinski definition) is 3. The predicted molar refractivity (Wildman–Crippen MR) is 65.3 cm³/mol. The van der Waals surface area contributed by atoms with Gasteiger partial charge in [-0.05, 0) is 20.8 Å². The number of amides is 3. The first-order valence-electron chi connectivity index (χ1n) is 5.80. The van der Waals surface area contributed by atoms with E-state index in [-0.39, 0.29) is 6.54 Å². The van der Waals surface area contributed by atoms with Crippen LogP contribution in [0.3, 0.4) is 0 Å². The van der Waals surface area contributed by atoms with Crippen molar-refractivity contribution >= 4 is 23.9 Å². The zero-order chi connectivity index (χ0) is 15.8. The Kier molecular flexibility index (Phi) is 7.05. The Morgan fingerprint density at radius 3 is 1.80 bits per heavy atom. The van der Waals surface area contributed by atoms with Gasteiger partial charge in [0.1, 0.15) is 12.1 Å². The maximum Gasteiger partial charge on any atom is 0.408 e. The van der Waals surface area contributed by atoms with Crippen molar-refractivity contribution in [3.8, 4) is 0 Å². The van der Waals surface area contributed by atoms with Gasteiger partial charge in [-0.25, -0.2) is 4.79 Å². The SMILES string of the molecule is CC(C)(C)OC(=O)NCC(=O)NCC(=O)NCC(=O)[O-]. The summed E-state index contributed by atoms with van der Waals surface area (Å²) in [6.07, 6.45) is -0.756.